The highest BCUT2D eigenvalue weighted by atomic mass is 16.2. The molecule has 0 aromatic carbocycles. The van der Waals surface area contributed by atoms with Crippen molar-refractivity contribution < 1.29 is 4.79 Å². The summed E-state index contributed by atoms with van der Waals surface area (Å²) in [5.74, 6) is 0.104. The summed E-state index contributed by atoms with van der Waals surface area (Å²) in [5, 5.41) is 5.64. The molecule has 2 aromatic rings. The Morgan fingerprint density at radius 1 is 1.23 bits per heavy atom. The van der Waals surface area contributed by atoms with Gasteiger partial charge in [0.25, 0.3) is 5.56 Å². The molecule has 0 atom stereocenters. The van der Waals surface area contributed by atoms with Crippen LogP contribution in [0.2, 0.25) is 0 Å². The molecule has 3 N–H and O–H groups in total. The van der Waals surface area contributed by atoms with Crippen LogP contribution in [0.15, 0.2) is 16.9 Å². The molecule has 22 heavy (non-hydrogen) atoms. The van der Waals surface area contributed by atoms with Crippen molar-refractivity contribution in [3.8, 4) is 0 Å². The Morgan fingerprint density at radius 3 is 2.77 bits per heavy atom. The quantitative estimate of drug-likeness (QED) is 0.712. The molecule has 2 heterocycles. The maximum atomic E-state index is 12.0. The summed E-state index contributed by atoms with van der Waals surface area (Å²) in [7, 11) is 0. The molecule has 2 amide bonds. The van der Waals surface area contributed by atoms with Gasteiger partial charge in [-0.2, -0.15) is 4.98 Å². The fourth-order valence-electron chi connectivity index (χ4n) is 2.04. The lowest BCUT2D eigenvalue weighted by Crippen LogP contribution is -2.31. The summed E-state index contributed by atoms with van der Waals surface area (Å²) < 4.78 is 0. The third-order valence-electron chi connectivity index (χ3n) is 3.18. The van der Waals surface area contributed by atoms with Gasteiger partial charge in [0.2, 0.25) is 5.95 Å². The van der Waals surface area contributed by atoms with E-state index in [0.29, 0.717) is 17.6 Å². The molecule has 0 saturated carbocycles. The lowest BCUT2D eigenvalue weighted by molar-refractivity contribution is 0.252. The first-order valence-corrected chi connectivity index (χ1v) is 7.58. The van der Waals surface area contributed by atoms with Crippen LogP contribution in [0, 0.1) is 0 Å². The van der Waals surface area contributed by atoms with Crippen LogP contribution in [0.4, 0.5) is 10.7 Å². The molecular weight excluding hydrogens is 282 g/mol. The lowest BCUT2D eigenvalue weighted by atomic mass is 10.2. The second kappa shape index (κ2) is 7.53. The van der Waals surface area contributed by atoms with Crippen molar-refractivity contribution in [3.05, 3.63) is 28.2 Å². The number of fused-ring (bicyclic) bond motifs is 1. The molecule has 7 heteroatoms. The van der Waals surface area contributed by atoms with Crippen molar-refractivity contribution in [1.82, 2.24) is 20.3 Å². The molecule has 0 bridgehead atoms. The standard InChI is InChI=1S/C15H21N5O2/c1-3-5-9-16-15(22)20-14-18-12-11(13(21)19-14)8-7-10(17-12)6-4-2/h7-8H,3-6,9H2,1-2H3,(H3,16,17,18,19,20,21,22). The summed E-state index contributed by atoms with van der Waals surface area (Å²) in [6.07, 6.45) is 3.68. The second-order valence-corrected chi connectivity index (χ2v) is 5.07. The zero-order valence-corrected chi connectivity index (χ0v) is 12.9. The highest BCUT2D eigenvalue weighted by Crippen LogP contribution is 2.09. The number of hydrogen-bond acceptors (Lipinski definition) is 4. The van der Waals surface area contributed by atoms with Gasteiger partial charge in [-0.25, -0.2) is 9.78 Å². The van der Waals surface area contributed by atoms with E-state index < -0.39 is 0 Å². The van der Waals surface area contributed by atoms with Crippen LogP contribution < -0.4 is 16.2 Å². The van der Waals surface area contributed by atoms with E-state index in [-0.39, 0.29) is 17.5 Å². The molecule has 2 rings (SSSR count). The fraction of sp³-hybridized carbons (Fsp3) is 0.467. The topological polar surface area (TPSA) is 99.8 Å². The van der Waals surface area contributed by atoms with Gasteiger partial charge in [0.1, 0.15) is 0 Å². The van der Waals surface area contributed by atoms with Crippen LogP contribution in [0.5, 0.6) is 0 Å². The number of hydrogen-bond donors (Lipinski definition) is 3. The summed E-state index contributed by atoms with van der Waals surface area (Å²) in [5.41, 5.74) is 0.911. The molecule has 0 radical (unpaired) electrons. The molecule has 7 nitrogen and oxygen atoms in total. The number of carbonyl (C=O) groups excluding carboxylic acids is 1. The first-order chi connectivity index (χ1) is 10.6. The van der Waals surface area contributed by atoms with Crippen LogP contribution in [-0.4, -0.2) is 27.5 Å². The minimum atomic E-state index is -0.388. The molecule has 0 spiro atoms. The maximum absolute atomic E-state index is 12.0. The number of nitrogens with one attached hydrogen (secondary N) is 3. The Bertz CT molecular complexity index is 711. The Labute approximate surface area is 128 Å². The molecular formula is C15H21N5O2. The Morgan fingerprint density at radius 2 is 2.05 bits per heavy atom. The first kappa shape index (κ1) is 15.9. The lowest BCUT2D eigenvalue weighted by Gasteiger charge is -2.07. The number of urea groups is 1. The number of unbranched alkanes of at least 4 members (excludes halogenated alkanes) is 1. The fourth-order valence-corrected chi connectivity index (χ4v) is 2.04. The third-order valence-corrected chi connectivity index (χ3v) is 3.18. The number of H-pyrrole nitrogens is 1. The first-order valence-electron chi connectivity index (χ1n) is 7.58. The van der Waals surface area contributed by atoms with Crippen LogP contribution >= 0.6 is 0 Å². The van der Waals surface area contributed by atoms with E-state index in [1.165, 1.54) is 0 Å². The number of rotatable bonds is 6. The second-order valence-electron chi connectivity index (χ2n) is 5.07. The average molecular weight is 303 g/mol. The van der Waals surface area contributed by atoms with Crippen molar-refractivity contribution in [3.63, 3.8) is 0 Å². The van der Waals surface area contributed by atoms with Gasteiger partial charge >= 0.3 is 6.03 Å². The van der Waals surface area contributed by atoms with Gasteiger partial charge in [0.15, 0.2) is 5.65 Å². The van der Waals surface area contributed by atoms with Gasteiger partial charge in [0, 0.05) is 12.2 Å². The predicted molar refractivity (Wildman–Crippen MR) is 86.1 cm³/mol. The van der Waals surface area contributed by atoms with Crippen molar-refractivity contribution in [2.45, 2.75) is 39.5 Å². The summed E-state index contributed by atoms with van der Waals surface area (Å²) >= 11 is 0. The summed E-state index contributed by atoms with van der Waals surface area (Å²) in [6.45, 7) is 4.69. The van der Waals surface area contributed by atoms with Crippen LogP contribution in [0.3, 0.4) is 0 Å². The van der Waals surface area contributed by atoms with E-state index >= 15 is 0 Å². The van der Waals surface area contributed by atoms with Crippen LogP contribution in [0.1, 0.15) is 38.8 Å². The van der Waals surface area contributed by atoms with Crippen molar-refractivity contribution in [1.29, 1.82) is 0 Å². The monoisotopic (exact) mass is 303 g/mol. The number of aryl methyl sites for hydroxylation is 1. The van der Waals surface area contributed by atoms with Gasteiger partial charge in [-0.05, 0) is 25.0 Å². The van der Waals surface area contributed by atoms with Crippen molar-refractivity contribution >= 4 is 23.0 Å². The zero-order chi connectivity index (χ0) is 15.9. The molecule has 118 valence electrons. The Hall–Kier alpha value is -2.44. The number of aromatic nitrogens is 3. The largest absolute Gasteiger partial charge is 0.338 e. The molecule has 0 aliphatic rings. The maximum Gasteiger partial charge on any atom is 0.321 e. The van der Waals surface area contributed by atoms with Gasteiger partial charge in [-0.1, -0.05) is 26.7 Å². The molecule has 2 aromatic heterocycles. The number of amides is 2. The van der Waals surface area contributed by atoms with Crippen LogP contribution in [-0.2, 0) is 6.42 Å². The van der Waals surface area contributed by atoms with E-state index in [0.717, 1.165) is 31.4 Å². The normalized spacial score (nSPS) is 10.6. The highest BCUT2D eigenvalue weighted by Gasteiger charge is 2.08. The number of carbonyl (C=O) groups is 1. The number of anilines is 1. The summed E-state index contributed by atoms with van der Waals surface area (Å²) in [6, 6.07) is 3.15. The minimum Gasteiger partial charge on any atom is -0.338 e. The van der Waals surface area contributed by atoms with Crippen molar-refractivity contribution in [2.75, 3.05) is 11.9 Å². The molecule has 0 fully saturated rings. The van der Waals surface area contributed by atoms with Gasteiger partial charge in [-0.15, -0.1) is 0 Å². The van der Waals surface area contributed by atoms with E-state index in [4.69, 9.17) is 0 Å². The number of pyridine rings is 1. The zero-order valence-electron chi connectivity index (χ0n) is 12.9. The number of aromatic amines is 1. The SMILES string of the molecule is CCCCNC(=O)Nc1nc2nc(CCC)ccc2c(=O)[nH]1. The predicted octanol–water partition coefficient (Wildman–Crippen LogP) is 2.19. The van der Waals surface area contributed by atoms with E-state index in [9.17, 15) is 9.59 Å². The van der Waals surface area contributed by atoms with Crippen molar-refractivity contribution in [2.24, 2.45) is 0 Å². The van der Waals surface area contributed by atoms with Crippen LogP contribution in [0.25, 0.3) is 11.0 Å². The van der Waals surface area contributed by atoms with Gasteiger partial charge in [0.05, 0.1) is 5.39 Å². The summed E-state index contributed by atoms with van der Waals surface area (Å²) in [4.78, 5) is 34.8. The number of nitrogens with zero attached hydrogens (tertiary/aromatic N) is 2. The van der Waals surface area contributed by atoms with E-state index in [1.807, 2.05) is 13.0 Å². The smallest absolute Gasteiger partial charge is 0.321 e. The molecule has 0 aliphatic carbocycles. The molecule has 0 aliphatic heterocycles. The van der Waals surface area contributed by atoms with Gasteiger partial charge < -0.3 is 5.32 Å². The van der Waals surface area contributed by atoms with E-state index in [1.54, 1.807) is 6.07 Å². The average Bonchev–Trinajstić information content (AvgIpc) is 2.47. The minimum absolute atomic E-state index is 0.104. The Balaban J connectivity index is 2.20. The molecule has 0 saturated heterocycles. The van der Waals surface area contributed by atoms with E-state index in [2.05, 4.69) is 32.5 Å². The highest BCUT2D eigenvalue weighted by molar-refractivity contribution is 5.88. The Kier molecular flexibility index (Phi) is 5.46. The third kappa shape index (κ3) is 4.03. The van der Waals surface area contributed by atoms with Gasteiger partial charge in [-0.3, -0.25) is 15.1 Å². The molecule has 0 unspecified atom stereocenters.